The van der Waals surface area contributed by atoms with Crippen molar-refractivity contribution in [3.63, 3.8) is 0 Å². The fraction of sp³-hybridized carbons (Fsp3) is 0.286. The molecule has 28 heavy (non-hydrogen) atoms. The molecule has 2 aromatic heterocycles. The van der Waals surface area contributed by atoms with E-state index in [9.17, 15) is 9.90 Å². The van der Waals surface area contributed by atoms with Gasteiger partial charge >= 0.3 is 5.97 Å². The number of aromatic nitrogens is 4. The van der Waals surface area contributed by atoms with Crippen LogP contribution in [0.2, 0.25) is 0 Å². The third-order valence-electron chi connectivity index (χ3n) is 4.68. The van der Waals surface area contributed by atoms with Crippen molar-refractivity contribution in [2.75, 3.05) is 0 Å². The van der Waals surface area contributed by atoms with E-state index >= 15 is 0 Å². The van der Waals surface area contributed by atoms with E-state index in [0.717, 1.165) is 46.6 Å². The molecule has 0 atom stereocenters. The number of thioether (sulfide) groups is 1. The summed E-state index contributed by atoms with van der Waals surface area (Å²) < 4.78 is 2.18. The average molecular weight is 397 g/mol. The number of aromatic amines is 1. The van der Waals surface area contributed by atoms with Crippen molar-refractivity contribution in [1.82, 2.24) is 19.7 Å². The van der Waals surface area contributed by atoms with E-state index in [1.165, 1.54) is 11.1 Å². The zero-order valence-electron chi connectivity index (χ0n) is 16.7. The van der Waals surface area contributed by atoms with Crippen molar-refractivity contribution >= 4 is 23.8 Å². The highest BCUT2D eigenvalue weighted by Crippen LogP contribution is 2.30. The third kappa shape index (κ3) is 3.89. The van der Waals surface area contributed by atoms with Crippen LogP contribution < -0.4 is 0 Å². The predicted molar refractivity (Wildman–Crippen MR) is 112 cm³/mol. The molecule has 0 saturated carbocycles. The topological polar surface area (TPSA) is 83.8 Å². The number of carbonyl (C=O) groups is 1. The summed E-state index contributed by atoms with van der Waals surface area (Å²) in [5.74, 6) is -0.259. The highest BCUT2D eigenvalue weighted by molar-refractivity contribution is 8.04. The fourth-order valence-corrected chi connectivity index (χ4v) is 4.01. The van der Waals surface area contributed by atoms with Crippen LogP contribution in [0.1, 0.15) is 40.8 Å². The Bertz CT molecular complexity index is 1040. The maximum absolute atomic E-state index is 11.8. The molecule has 0 radical (unpaired) electrons. The minimum atomic E-state index is -0.996. The van der Waals surface area contributed by atoms with Crippen LogP contribution in [0.3, 0.4) is 0 Å². The van der Waals surface area contributed by atoms with Gasteiger partial charge in [0.1, 0.15) is 10.7 Å². The molecule has 0 fully saturated rings. The molecule has 0 bridgehead atoms. The van der Waals surface area contributed by atoms with Crippen LogP contribution in [-0.4, -0.2) is 30.8 Å². The van der Waals surface area contributed by atoms with Gasteiger partial charge in [0.2, 0.25) is 5.16 Å². The average Bonchev–Trinajstić information content (AvgIpc) is 3.20. The number of aliphatic carboxylic acids is 1. The van der Waals surface area contributed by atoms with Gasteiger partial charge in [-0.25, -0.2) is 9.78 Å². The summed E-state index contributed by atoms with van der Waals surface area (Å²) in [6.45, 7) is 10.2. The molecule has 0 saturated heterocycles. The summed E-state index contributed by atoms with van der Waals surface area (Å²) in [5, 5.41) is 17.0. The molecule has 0 aliphatic rings. The summed E-state index contributed by atoms with van der Waals surface area (Å²) in [5.41, 5.74) is 6.43. The quantitative estimate of drug-likeness (QED) is 0.470. The molecule has 2 N–H and O–H groups in total. The van der Waals surface area contributed by atoms with Crippen LogP contribution in [0, 0.1) is 27.7 Å². The van der Waals surface area contributed by atoms with Gasteiger partial charge in [0.15, 0.2) is 0 Å². The van der Waals surface area contributed by atoms with Crippen LogP contribution in [-0.2, 0) is 11.2 Å². The number of hydrogen-bond donors (Lipinski definition) is 2. The van der Waals surface area contributed by atoms with E-state index in [4.69, 9.17) is 0 Å². The molecule has 0 amide bonds. The van der Waals surface area contributed by atoms with Gasteiger partial charge in [-0.05, 0) is 68.3 Å². The zero-order chi connectivity index (χ0) is 20.4. The van der Waals surface area contributed by atoms with Gasteiger partial charge in [0.05, 0.1) is 5.69 Å². The molecule has 6 nitrogen and oxygen atoms in total. The van der Waals surface area contributed by atoms with Gasteiger partial charge in [-0.3, -0.25) is 5.10 Å². The van der Waals surface area contributed by atoms with E-state index in [-0.39, 0.29) is 4.91 Å². The van der Waals surface area contributed by atoms with E-state index < -0.39 is 5.97 Å². The normalized spacial score (nSPS) is 11.8. The van der Waals surface area contributed by atoms with Gasteiger partial charge in [0, 0.05) is 17.8 Å². The highest BCUT2D eigenvalue weighted by atomic mass is 32.2. The van der Waals surface area contributed by atoms with Gasteiger partial charge < -0.3 is 9.67 Å². The number of nitrogens with one attached hydrogen (secondary N) is 1. The summed E-state index contributed by atoms with van der Waals surface area (Å²) in [6.07, 6.45) is 2.41. The molecule has 7 heteroatoms. The van der Waals surface area contributed by atoms with Crippen molar-refractivity contribution in [2.45, 2.75) is 46.2 Å². The molecular formula is C21H24N4O2S. The predicted octanol–water partition coefficient (Wildman–Crippen LogP) is 4.61. The Morgan fingerprint density at radius 3 is 2.50 bits per heavy atom. The summed E-state index contributed by atoms with van der Waals surface area (Å²) in [6, 6.07) is 8.23. The number of H-pyrrole nitrogens is 1. The SMILES string of the molecule is CCc1nc(S/C(=C\c2cc(C)n(-c3c(C)cccc3C)c2C)C(=O)O)n[nH]1. The minimum Gasteiger partial charge on any atom is -0.477 e. The number of rotatable bonds is 6. The van der Waals surface area contributed by atoms with Crippen LogP contribution in [0.25, 0.3) is 11.8 Å². The van der Waals surface area contributed by atoms with Crippen molar-refractivity contribution in [3.8, 4) is 5.69 Å². The molecule has 0 unspecified atom stereocenters. The molecule has 0 spiro atoms. The maximum Gasteiger partial charge on any atom is 0.342 e. The number of nitrogens with zero attached hydrogens (tertiary/aromatic N) is 3. The van der Waals surface area contributed by atoms with Gasteiger partial charge in [0.25, 0.3) is 0 Å². The van der Waals surface area contributed by atoms with E-state index in [1.54, 1.807) is 6.08 Å². The Kier molecular flexibility index (Phi) is 5.74. The summed E-state index contributed by atoms with van der Waals surface area (Å²) >= 11 is 1.05. The van der Waals surface area contributed by atoms with Crippen molar-refractivity contribution in [2.24, 2.45) is 0 Å². The largest absolute Gasteiger partial charge is 0.477 e. The number of carboxylic acids is 1. The lowest BCUT2D eigenvalue weighted by Crippen LogP contribution is -2.04. The summed E-state index contributed by atoms with van der Waals surface area (Å²) in [4.78, 5) is 16.3. The number of hydrogen-bond acceptors (Lipinski definition) is 4. The van der Waals surface area contributed by atoms with E-state index in [0.29, 0.717) is 5.16 Å². The second kappa shape index (κ2) is 8.06. The molecular weight excluding hydrogens is 372 g/mol. The standard InChI is InChI=1S/C21H24N4O2S/c1-6-18-22-21(24-23-18)28-17(20(26)27)11-16-10-14(4)25(15(16)5)19-12(2)8-7-9-13(19)3/h7-11H,6H2,1-5H3,(H,26,27)(H,22,23,24)/b17-11-. The lowest BCUT2D eigenvalue weighted by Gasteiger charge is -2.15. The van der Waals surface area contributed by atoms with Gasteiger partial charge in [-0.1, -0.05) is 25.1 Å². The van der Waals surface area contributed by atoms with Crippen LogP contribution in [0.4, 0.5) is 0 Å². The first kappa shape index (κ1) is 19.9. The van der Waals surface area contributed by atoms with Crippen molar-refractivity contribution < 1.29 is 9.90 Å². The fourth-order valence-electron chi connectivity index (χ4n) is 3.29. The Hall–Kier alpha value is -2.80. The zero-order valence-corrected chi connectivity index (χ0v) is 17.5. The molecule has 0 aliphatic carbocycles. The minimum absolute atomic E-state index is 0.184. The molecule has 146 valence electrons. The second-order valence-electron chi connectivity index (χ2n) is 6.74. The monoisotopic (exact) mass is 396 g/mol. The van der Waals surface area contributed by atoms with E-state index in [2.05, 4.69) is 45.7 Å². The molecule has 3 aromatic rings. The lowest BCUT2D eigenvalue weighted by atomic mass is 10.1. The van der Waals surface area contributed by atoms with Gasteiger partial charge in [-0.2, -0.15) is 0 Å². The summed E-state index contributed by atoms with van der Waals surface area (Å²) in [7, 11) is 0. The number of carboxylic acid groups (broad SMARTS) is 1. The van der Waals surface area contributed by atoms with Crippen LogP contribution >= 0.6 is 11.8 Å². The highest BCUT2D eigenvalue weighted by Gasteiger charge is 2.17. The molecule has 1 aromatic carbocycles. The molecule has 3 rings (SSSR count). The Morgan fingerprint density at radius 2 is 1.93 bits per heavy atom. The van der Waals surface area contributed by atoms with Crippen molar-refractivity contribution in [3.05, 3.63) is 63.1 Å². The molecule has 2 heterocycles. The Morgan fingerprint density at radius 1 is 1.25 bits per heavy atom. The van der Waals surface area contributed by atoms with E-state index in [1.807, 2.05) is 32.9 Å². The number of para-hydroxylation sites is 1. The Balaban J connectivity index is 2.04. The number of benzene rings is 1. The first-order valence-electron chi connectivity index (χ1n) is 9.11. The first-order valence-corrected chi connectivity index (χ1v) is 9.93. The Labute approximate surface area is 168 Å². The maximum atomic E-state index is 11.8. The van der Waals surface area contributed by atoms with Gasteiger partial charge in [-0.15, -0.1) is 5.10 Å². The van der Waals surface area contributed by atoms with Crippen LogP contribution in [0.15, 0.2) is 34.3 Å². The smallest absolute Gasteiger partial charge is 0.342 e. The molecule has 0 aliphatic heterocycles. The second-order valence-corrected chi connectivity index (χ2v) is 7.75. The third-order valence-corrected chi connectivity index (χ3v) is 5.56. The first-order chi connectivity index (χ1) is 13.3. The van der Waals surface area contributed by atoms with Crippen molar-refractivity contribution in [1.29, 1.82) is 0 Å². The lowest BCUT2D eigenvalue weighted by molar-refractivity contribution is -0.131. The van der Waals surface area contributed by atoms with Crippen LogP contribution in [0.5, 0.6) is 0 Å². The number of aryl methyl sites for hydroxylation is 4.